The minimum Gasteiger partial charge on any atom is -0.385 e. The van der Waals surface area contributed by atoms with E-state index in [9.17, 15) is 31.4 Å². The Labute approximate surface area is 128 Å². The Morgan fingerprint density at radius 2 is 1.30 bits per heavy atom. The van der Waals surface area contributed by atoms with Gasteiger partial charge in [0.15, 0.2) is 0 Å². The number of alkyl halides is 6. The molecule has 2 aliphatic rings. The van der Waals surface area contributed by atoms with Gasteiger partial charge in [-0.2, -0.15) is 26.3 Å². The van der Waals surface area contributed by atoms with E-state index in [0.717, 1.165) is 0 Å². The Kier molecular flexibility index (Phi) is 3.68. The van der Waals surface area contributed by atoms with Gasteiger partial charge in [-0.3, -0.25) is 0 Å². The summed E-state index contributed by atoms with van der Waals surface area (Å²) >= 11 is 0. The van der Waals surface area contributed by atoms with Crippen LogP contribution in [0.3, 0.4) is 0 Å². The zero-order chi connectivity index (χ0) is 17.0. The molecular formula is C15H14F6O2. The topological polar surface area (TPSA) is 29.5 Å². The fourth-order valence-corrected chi connectivity index (χ4v) is 3.38. The van der Waals surface area contributed by atoms with Crippen LogP contribution in [0.5, 0.6) is 0 Å². The molecule has 0 radical (unpaired) electrons. The van der Waals surface area contributed by atoms with Crippen molar-refractivity contribution in [1.29, 1.82) is 0 Å². The molecule has 2 aliphatic heterocycles. The summed E-state index contributed by atoms with van der Waals surface area (Å²) in [5.74, 6) is 0. The van der Waals surface area contributed by atoms with Crippen molar-refractivity contribution >= 4 is 0 Å². The van der Waals surface area contributed by atoms with Gasteiger partial charge in [-0.05, 0) is 36.6 Å². The molecule has 0 saturated carbocycles. The average Bonchev–Trinajstić information content (AvgIpc) is 2.76. The smallest absolute Gasteiger partial charge is 0.385 e. The van der Waals surface area contributed by atoms with E-state index < -0.39 is 29.1 Å². The van der Waals surface area contributed by atoms with E-state index in [1.807, 2.05) is 0 Å². The maximum atomic E-state index is 12.9. The Balaban J connectivity index is 2.07. The summed E-state index contributed by atoms with van der Waals surface area (Å²) < 4.78 is 83.0. The fraction of sp³-hybridized carbons (Fsp3) is 0.600. The molecule has 1 N–H and O–H groups in total. The first-order chi connectivity index (χ1) is 10.5. The molecule has 1 aromatic rings. The highest BCUT2D eigenvalue weighted by molar-refractivity contribution is 5.37. The first-order valence-corrected chi connectivity index (χ1v) is 7.15. The number of hydrogen-bond donors (Lipinski definition) is 1. The van der Waals surface area contributed by atoms with E-state index in [1.165, 1.54) is 0 Å². The zero-order valence-corrected chi connectivity index (χ0v) is 11.8. The second kappa shape index (κ2) is 5.11. The van der Waals surface area contributed by atoms with Gasteiger partial charge in [0.2, 0.25) is 0 Å². The lowest BCUT2D eigenvalue weighted by Gasteiger charge is -2.37. The van der Waals surface area contributed by atoms with Crippen LogP contribution in [0.2, 0.25) is 0 Å². The van der Waals surface area contributed by atoms with Gasteiger partial charge < -0.3 is 9.84 Å². The molecule has 0 amide bonds. The van der Waals surface area contributed by atoms with Crippen LogP contribution in [-0.4, -0.2) is 17.3 Å². The van der Waals surface area contributed by atoms with Gasteiger partial charge in [-0.1, -0.05) is 0 Å². The van der Waals surface area contributed by atoms with Gasteiger partial charge in [0.25, 0.3) is 0 Å². The standard InChI is InChI=1S/C15H14F6O2/c16-14(17,18)9-3-8(4-10(5-9)15(19,20)21)13(22)6-11-1-2-12(7-13)23-11/h3-5,11-12,22H,1-2,6-7H2. The lowest BCUT2D eigenvalue weighted by Crippen LogP contribution is -2.39. The molecule has 1 aromatic carbocycles. The summed E-state index contributed by atoms with van der Waals surface area (Å²) in [7, 11) is 0. The third-order valence-corrected chi connectivity index (χ3v) is 4.45. The highest BCUT2D eigenvalue weighted by atomic mass is 19.4. The Morgan fingerprint density at radius 3 is 1.70 bits per heavy atom. The second-order valence-corrected chi connectivity index (χ2v) is 6.19. The lowest BCUT2D eigenvalue weighted by molar-refractivity contribution is -0.144. The van der Waals surface area contributed by atoms with E-state index in [0.29, 0.717) is 25.0 Å². The summed E-state index contributed by atoms with van der Waals surface area (Å²) in [6.45, 7) is 0. The van der Waals surface area contributed by atoms with Crippen molar-refractivity contribution in [2.24, 2.45) is 0 Å². The van der Waals surface area contributed by atoms with Crippen LogP contribution in [0.4, 0.5) is 26.3 Å². The van der Waals surface area contributed by atoms with Gasteiger partial charge in [-0.15, -0.1) is 0 Å². The lowest BCUT2D eigenvalue weighted by atomic mass is 9.82. The maximum Gasteiger partial charge on any atom is 0.416 e. The molecule has 0 spiro atoms. The fourth-order valence-electron chi connectivity index (χ4n) is 3.38. The maximum absolute atomic E-state index is 12.9. The Bertz CT molecular complexity index is 563. The van der Waals surface area contributed by atoms with Crippen molar-refractivity contribution < 1.29 is 36.2 Å². The second-order valence-electron chi connectivity index (χ2n) is 6.19. The van der Waals surface area contributed by atoms with Crippen molar-refractivity contribution in [3.05, 3.63) is 34.9 Å². The van der Waals surface area contributed by atoms with Crippen LogP contribution >= 0.6 is 0 Å². The van der Waals surface area contributed by atoms with Crippen molar-refractivity contribution in [2.75, 3.05) is 0 Å². The molecule has 8 heteroatoms. The van der Waals surface area contributed by atoms with E-state index in [1.54, 1.807) is 0 Å². The number of rotatable bonds is 1. The van der Waals surface area contributed by atoms with Gasteiger partial charge in [0.1, 0.15) is 0 Å². The average molecular weight is 340 g/mol. The van der Waals surface area contributed by atoms with Gasteiger partial charge in [0.05, 0.1) is 28.9 Å². The number of benzene rings is 1. The molecule has 2 nitrogen and oxygen atoms in total. The molecule has 2 unspecified atom stereocenters. The van der Waals surface area contributed by atoms with E-state index in [-0.39, 0.29) is 36.7 Å². The first-order valence-electron chi connectivity index (χ1n) is 7.15. The van der Waals surface area contributed by atoms with Crippen molar-refractivity contribution in [1.82, 2.24) is 0 Å². The number of hydrogen-bond acceptors (Lipinski definition) is 2. The first kappa shape index (κ1) is 16.6. The van der Waals surface area contributed by atoms with Crippen LogP contribution in [0.15, 0.2) is 18.2 Å². The normalized spacial score (nSPS) is 31.4. The van der Waals surface area contributed by atoms with Crippen LogP contribution in [0.25, 0.3) is 0 Å². The monoisotopic (exact) mass is 340 g/mol. The molecule has 3 rings (SSSR count). The van der Waals surface area contributed by atoms with Gasteiger partial charge >= 0.3 is 12.4 Å². The molecular weight excluding hydrogens is 326 g/mol. The molecule has 2 heterocycles. The number of halogens is 6. The summed E-state index contributed by atoms with van der Waals surface area (Å²) in [4.78, 5) is 0. The SMILES string of the molecule is OC1(c2cc(C(F)(F)F)cc(C(F)(F)F)c2)CC2CCC(C1)O2. The van der Waals surface area contributed by atoms with Crippen LogP contribution < -0.4 is 0 Å². The number of ether oxygens (including phenoxy) is 1. The molecule has 2 fully saturated rings. The predicted octanol–water partition coefficient (Wildman–Crippen LogP) is 4.25. The largest absolute Gasteiger partial charge is 0.416 e. The zero-order valence-electron chi connectivity index (χ0n) is 11.8. The summed E-state index contributed by atoms with van der Waals surface area (Å²) in [6.07, 6.45) is -9.20. The molecule has 0 aliphatic carbocycles. The van der Waals surface area contributed by atoms with E-state index in [4.69, 9.17) is 4.74 Å². The third-order valence-electron chi connectivity index (χ3n) is 4.45. The van der Waals surface area contributed by atoms with Gasteiger partial charge in [0, 0.05) is 12.8 Å². The molecule has 2 atom stereocenters. The number of fused-ring (bicyclic) bond motifs is 2. The Morgan fingerprint density at radius 1 is 0.870 bits per heavy atom. The molecule has 128 valence electrons. The van der Waals surface area contributed by atoms with Crippen molar-refractivity contribution in [3.63, 3.8) is 0 Å². The molecule has 0 aromatic heterocycles. The van der Waals surface area contributed by atoms with Gasteiger partial charge in [-0.25, -0.2) is 0 Å². The molecule has 23 heavy (non-hydrogen) atoms. The summed E-state index contributed by atoms with van der Waals surface area (Å²) in [5, 5.41) is 10.7. The van der Waals surface area contributed by atoms with Crippen LogP contribution in [0.1, 0.15) is 42.4 Å². The van der Waals surface area contributed by atoms with Crippen molar-refractivity contribution in [2.45, 2.75) is 55.8 Å². The molecule has 2 saturated heterocycles. The van der Waals surface area contributed by atoms with E-state index in [2.05, 4.69) is 0 Å². The third kappa shape index (κ3) is 3.19. The summed E-state index contributed by atoms with van der Waals surface area (Å²) in [5.41, 5.74) is -4.89. The van der Waals surface area contributed by atoms with E-state index >= 15 is 0 Å². The quantitative estimate of drug-likeness (QED) is 0.775. The number of aliphatic hydroxyl groups is 1. The van der Waals surface area contributed by atoms with Crippen molar-refractivity contribution in [3.8, 4) is 0 Å². The Hall–Kier alpha value is -1.28. The van der Waals surface area contributed by atoms with Crippen LogP contribution in [-0.2, 0) is 22.7 Å². The predicted molar refractivity (Wildman–Crippen MR) is 67.5 cm³/mol. The minimum atomic E-state index is -4.92. The summed E-state index contributed by atoms with van der Waals surface area (Å²) in [6, 6.07) is 1.29. The highest BCUT2D eigenvalue weighted by Gasteiger charge is 2.46. The van der Waals surface area contributed by atoms with Crippen LogP contribution in [0, 0.1) is 0 Å². The molecule has 2 bridgehead atoms. The highest BCUT2D eigenvalue weighted by Crippen LogP contribution is 2.46. The minimum absolute atomic E-state index is 0.00209.